The minimum absolute atomic E-state index is 0.112. The maximum atomic E-state index is 12.2. The Morgan fingerprint density at radius 3 is 2.26 bits per heavy atom. The van der Waals surface area contributed by atoms with E-state index in [0.717, 1.165) is 18.4 Å². The first-order chi connectivity index (χ1) is 13.0. The van der Waals surface area contributed by atoms with Crippen molar-refractivity contribution in [2.75, 3.05) is 11.9 Å². The van der Waals surface area contributed by atoms with Gasteiger partial charge in [0.15, 0.2) is 6.61 Å². The molecular weight excluding hydrogens is 344 g/mol. The molecule has 2 rings (SSSR count). The molecule has 2 aromatic rings. The summed E-state index contributed by atoms with van der Waals surface area (Å²) >= 11 is 0. The Labute approximate surface area is 158 Å². The highest BCUT2D eigenvalue weighted by molar-refractivity contribution is 5.93. The molecule has 0 fully saturated rings. The van der Waals surface area contributed by atoms with Gasteiger partial charge in [0.05, 0.1) is 11.6 Å². The summed E-state index contributed by atoms with van der Waals surface area (Å²) in [5.74, 6) is -1.13. The van der Waals surface area contributed by atoms with Crippen molar-refractivity contribution in [1.82, 2.24) is 5.32 Å². The van der Waals surface area contributed by atoms with Crippen molar-refractivity contribution in [3.63, 3.8) is 0 Å². The van der Waals surface area contributed by atoms with E-state index in [1.807, 2.05) is 37.3 Å². The lowest BCUT2D eigenvalue weighted by molar-refractivity contribution is -0.125. The van der Waals surface area contributed by atoms with Gasteiger partial charge in [-0.1, -0.05) is 43.7 Å². The van der Waals surface area contributed by atoms with Gasteiger partial charge in [-0.15, -0.1) is 0 Å². The summed E-state index contributed by atoms with van der Waals surface area (Å²) < 4.78 is 5.09. The molecule has 0 radical (unpaired) electrons. The second-order valence-electron chi connectivity index (χ2n) is 6.15. The van der Waals surface area contributed by atoms with Gasteiger partial charge in [-0.3, -0.25) is 9.59 Å². The molecule has 0 heterocycles. The molecule has 0 spiro atoms. The Balaban J connectivity index is 1.88. The molecule has 27 heavy (non-hydrogen) atoms. The lowest BCUT2D eigenvalue weighted by Crippen LogP contribution is -2.32. The highest BCUT2D eigenvalue weighted by atomic mass is 16.5. The third-order valence-electron chi connectivity index (χ3n) is 3.89. The zero-order valence-corrected chi connectivity index (χ0v) is 15.5. The van der Waals surface area contributed by atoms with Crippen LogP contribution in [0.5, 0.6) is 0 Å². The molecule has 142 valence electrons. The van der Waals surface area contributed by atoms with E-state index in [2.05, 4.69) is 10.6 Å². The van der Waals surface area contributed by atoms with Crippen LogP contribution in [0.4, 0.5) is 5.69 Å². The highest BCUT2D eigenvalue weighted by Gasteiger charge is 2.15. The SMILES string of the molecule is CCC[C@@H](NC(=O)COC(=O)c1ccc(NC(C)=O)cc1)c1ccccc1. The standard InChI is InChI=1S/C21H24N2O4/c1-3-7-19(16-8-5-4-6-9-16)23-20(25)14-27-21(26)17-10-12-18(13-11-17)22-15(2)24/h4-6,8-13,19H,3,7,14H2,1-2H3,(H,22,24)(H,23,25)/t19-/m1/s1. The lowest BCUT2D eigenvalue weighted by atomic mass is 10.0. The lowest BCUT2D eigenvalue weighted by Gasteiger charge is -2.18. The quantitative estimate of drug-likeness (QED) is 0.699. The van der Waals surface area contributed by atoms with Gasteiger partial charge in [-0.2, -0.15) is 0 Å². The Hall–Kier alpha value is -3.15. The van der Waals surface area contributed by atoms with Crippen LogP contribution in [-0.2, 0) is 14.3 Å². The number of esters is 1. The average Bonchev–Trinajstić information content (AvgIpc) is 2.66. The minimum Gasteiger partial charge on any atom is -0.452 e. The average molecular weight is 368 g/mol. The minimum atomic E-state index is -0.591. The number of amides is 2. The van der Waals surface area contributed by atoms with Crippen LogP contribution in [0.3, 0.4) is 0 Å². The summed E-state index contributed by atoms with van der Waals surface area (Å²) in [6.45, 7) is 3.11. The van der Waals surface area contributed by atoms with Crippen molar-refractivity contribution in [3.8, 4) is 0 Å². The van der Waals surface area contributed by atoms with E-state index in [1.54, 1.807) is 12.1 Å². The van der Waals surface area contributed by atoms with E-state index < -0.39 is 5.97 Å². The van der Waals surface area contributed by atoms with E-state index in [4.69, 9.17) is 4.74 Å². The summed E-state index contributed by atoms with van der Waals surface area (Å²) in [7, 11) is 0. The number of carbonyl (C=O) groups is 3. The summed E-state index contributed by atoms with van der Waals surface area (Å²) in [4.78, 5) is 35.3. The molecule has 0 aliphatic carbocycles. The molecule has 2 aromatic carbocycles. The number of benzene rings is 2. The number of anilines is 1. The first-order valence-corrected chi connectivity index (χ1v) is 8.88. The molecule has 6 nitrogen and oxygen atoms in total. The van der Waals surface area contributed by atoms with Crippen LogP contribution in [0.1, 0.15) is 48.7 Å². The summed E-state index contributed by atoms with van der Waals surface area (Å²) in [5, 5.41) is 5.52. The van der Waals surface area contributed by atoms with E-state index in [0.29, 0.717) is 11.3 Å². The molecule has 1 atom stereocenters. The van der Waals surface area contributed by atoms with Gasteiger partial charge in [-0.25, -0.2) is 4.79 Å². The normalized spacial score (nSPS) is 11.3. The number of carbonyl (C=O) groups excluding carboxylic acids is 3. The second kappa shape index (κ2) is 10.1. The van der Waals surface area contributed by atoms with Gasteiger partial charge < -0.3 is 15.4 Å². The third kappa shape index (κ3) is 6.58. The largest absolute Gasteiger partial charge is 0.452 e. The number of nitrogens with one attached hydrogen (secondary N) is 2. The molecule has 0 unspecified atom stereocenters. The fourth-order valence-electron chi connectivity index (χ4n) is 2.64. The smallest absolute Gasteiger partial charge is 0.338 e. The van der Waals surface area contributed by atoms with Crippen LogP contribution in [-0.4, -0.2) is 24.4 Å². The molecule has 0 aliphatic rings. The molecule has 0 bridgehead atoms. The third-order valence-corrected chi connectivity index (χ3v) is 3.89. The summed E-state index contributed by atoms with van der Waals surface area (Å²) in [6.07, 6.45) is 1.72. The fraction of sp³-hybridized carbons (Fsp3) is 0.286. The van der Waals surface area contributed by atoms with Gasteiger partial charge >= 0.3 is 5.97 Å². The molecule has 2 N–H and O–H groups in total. The van der Waals surface area contributed by atoms with E-state index in [-0.39, 0.29) is 24.5 Å². The van der Waals surface area contributed by atoms with Crippen molar-refractivity contribution >= 4 is 23.5 Å². The maximum absolute atomic E-state index is 12.2. The van der Waals surface area contributed by atoms with Gasteiger partial charge in [-0.05, 0) is 36.2 Å². The second-order valence-corrected chi connectivity index (χ2v) is 6.15. The fourth-order valence-corrected chi connectivity index (χ4v) is 2.64. The molecule has 0 aromatic heterocycles. The molecular formula is C21H24N2O4. The van der Waals surface area contributed by atoms with Crippen LogP contribution in [0.2, 0.25) is 0 Å². The van der Waals surface area contributed by atoms with Crippen molar-refractivity contribution in [2.24, 2.45) is 0 Å². The van der Waals surface area contributed by atoms with Crippen molar-refractivity contribution in [2.45, 2.75) is 32.7 Å². The Bertz CT molecular complexity index is 773. The van der Waals surface area contributed by atoms with Crippen LogP contribution in [0.15, 0.2) is 54.6 Å². The Kier molecular flexibility index (Phi) is 7.55. The van der Waals surface area contributed by atoms with Gasteiger partial charge in [0.25, 0.3) is 5.91 Å². The van der Waals surface area contributed by atoms with Crippen molar-refractivity contribution in [3.05, 3.63) is 65.7 Å². The number of ether oxygens (including phenoxy) is 1. The van der Waals surface area contributed by atoms with Crippen molar-refractivity contribution < 1.29 is 19.1 Å². The monoisotopic (exact) mass is 368 g/mol. The number of hydrogen-bond acceptors (Lipinski definition) is 4. The summed E-state index contributed by atoms with van der Waals surface area (Å²) in [5.41, 5.74) is 1.92. The molecule has 0 aliphatic heterocycles. The number of hydrogen-bond donors (Lipinski definition) is 2. The topological polar surface area (TPSA) is 84.5 Å². The molecule has 2 amide bonds. The predicted molar refractivity (Wildman–Crippen MR) is 103 cm³/mol. The summed E-state index contributed by atoms with van der Waals surface area (Å²) in [6, 6.07) is 15.9. The van der Waals surface area contributed by atoms with E-state index >= 15 is 0 Å². The zero-order chi connectivity index (χ0) is 19.6. The van der Waals surface area contributed by atoms with Crippen LogP contribution < -0.4 is 10.6 Å². The highest BCUT2D eigenvalue weighted by Crippen LogP contribution is 2.18. The van der Waals surface area contributed by atoms with Gasteiger partial charge in [0, 0.05) is 12.6 Å². The van der Waals surface area contributed by atoms with E-state index in [1.165, 1.54) is 19.1 Å². The van der Waals surface area contributed by atoms with Gasteiger partial charge in [0.1, 0.15) is 0 Å². The molecule has 0 saturated heterocycles. The predicted octanol–water partition coefficient (Wildman–Crippen LogP) is 3.46. The maximum Gasteiger partial charge on any atom is 0.338 e. The molecule has 0 saturated carbocycles. The van der Waals surface area contributed by atoms with Crippen molar-refractivity contribution in [1.29, 1.82) is 0 Å². The Morgan fingerprint density at radius 2 is 1.67 bits per heavy atom. The zero-order valence-electron chi connectivity index (χ0n) is 15.5. The van der Waals surface area contributed by atoms with E-state index in [9.17, 15) is 14.4 Å². The first-order valence-electron chi connectivity index (χ1n) is 8.88. The first kappa shape index (κ1) is 20.2. The van der Waals surface area contributed by atoms with Crippen LogP contribution in [0, 0.1) is 0 Å². The van der Waals surface area contributed by atoms with Crippen LogP contribution in [0.25, 0.3) is 0 Å². The Morgan fingerprint density at radius 1 is 1.00 bits per heavy atom. The molecule has 6 heteroatoms. The van der Waals surface area contributed by atoms with Gasteiger partial charge in [0.2, 0.25) is 5.91 Å². The van der Waals surface area contributed by atoms with Crippen LogP contribution >= 0.6 is 0 Å². The number of rotatable bonds is 8.